The number of anilines is 1. The van der Waals surface area contributed by atoms with Gasteiger partial charge in [0.05, 0.1) is 0 Å². The summed E-state index contributed by atoms with van der Waals surface area (Å²) in [5, 5.41) is 3.45. The van der Waals surface area contributed by atoms with Crippen LogP contribution in [0.4, 0.5) is 5.69 Å². The number of rotatable bonds is 6. The molecule has 0 unspecified atom stereocenters. The fraction of sp³-hybridized carbons (Fsp3) is 0.250. The molecule has 0 spiro atoms. The average Bonchev–Trinajstić information content (AvgIpc) is 2.45. The molecule has 2 aromatic rings. The van der Waals surface area contributed by atoms with E-state index in [9.17, 15) is 0 Å². The van der Waals surface area contributed by atoms with E-state index in [0.717, 1.165) is 35.4 Å². The molecule has 0 bridgehead atoms. The molecule has 0 heterocycles. The minimum atomic E-state index is 0.719. The van der Waals surface area contributed by atoms with Crippen LogP contribution >= 0.6 is 27.5 Å². The van der Waals surface area contributed by atoms with E-state index in [1.54, 1.807) is 0 Å². The molecule has 0 aliphatic carbocycles. The fourth-order valence-electron chi connectivity index (χ4n) is 1.91. The first kappa shape index (κ1) is 14.4. The van der Waals surface area contributed by atoms with Crippen molar-refractivity contribution < 1.29 is 0 Å². The second kappa shape index (κ2) is 7.56. The van der Waals surface area contributed by atoms with Crippen LogP contribution in [0.15, 0.2) is 53.0 Å². The molecule has 0 radical (unpaired) electrons. The van der Waals surface area contributed by atoms with E-state index in [0.29, 0.717) is 0 Å². The van der Waals surface area contributed by atoms with Crippen LogP contribution in [0.2, 0.25) is 0 Å². The summed E-state index contributed by atoms with van der Waals surface area (Å²) >= 11 is 9.17. The molecule has 0 amide bonds. The molecule has 0 saturated heterocycles. The average molecular weight is 339 g/mol. The standard InChI is InChI=1S/C16H17BrClN/c17-15-8-6-14(7-9-15)12-19-16-5-1-3-13(11-16)4-2-10-18/h1,3,5-9,11,19H,2,4,10,12H2. The molecule has 0 atom stereocenters. The number of nitrogens with one attached hydrogen (secondary N) is 1. The van der Waals surface area contributed by atoms with Gasteiger partial charge in [0.1, 0.15) is 0 Å². The lowest BCUT2D eigenvalue weighted by molar-refractivity contribution is 0.928. The zero-order valence-electron chi connectivity index (χ0n) is 10.7. The third kappa shape index (κ3) is 4.88. The molecular weight excluding hydrogens is 322 g/mol. The summed E-state index contributed by atoms with van der Waals surface area (Å²) in [5.74, 6) is 0.719. The van der Waals surface area contributed by atoms with E-state index in [2.05, 4.69) is 69.8 Å². The van der Waals surface area contributed by atoms with E-state index < -0.39 is 0 Å². The third-order valence-corrected chi connectivity index (χ3v) is 3.73. The Labute approximate surface area is 128 Å². The zero-order valence-corrected chi connectivity index (χ0v) is 13.0. The Bertz CT molecular complexity index is 510. The van der Waals surface area contributed by atoms with Crippen LogP contribution in [0.5, 0.6) is 0 Å². The number of hydrogen-bond donors (Lipinski definition) is 1. The SMILES string of the molecule is ClCCCc1cccc(NCc2ccc(Br)cc2)c1. The summed E-state index contributed by atoms with van der Waals surface area (Å²) in [4.78, 5) is 0. The van der Waals surface area contributed by atoms with Gasteiger partial charge in [-0.1, -0.05) is 40.2 Å². The van der Waals surface area contributed by atoms with Gasteiger partial charge in [-0.15, -0.1) is 11.6 Å². The van der Waals surface area contributed by atoms with Gasteiger partial charge in [0.2, 0.25) is 0 Å². The van der Waals surface area contributed by atoms with Crippen LogP contribution in [0, 0.1) is 0 Å². The van der Waals surface area contributed by atoms with Crippen molar-refractivity contribution in [1.29, 1.82) is 0 Å². The van der Waals surface area contributed by atoms with Crippen molar-refractivity contribution in [2.75, 3.05) is 11.2 Å². The number of halogens is 2. The predicted octanol–water partition coefficient (Wildman–Crippen LogP) is 5.23. The van der Waals surface area contributed by atoms with Crippen LogP contribution in [-0.2, 0) is 13.0 Å². The molecule has 19 heavy (non-hydrogen) atoms. The Balaban J connectivity index is 1.93. The maximum Gasteiger partial charge on any atom is 0.0400 e. The second-order valence-corrected chi connectivity index (χ2v) is 5.77. The minimum absolute atomic E-state index is 0.719. The number of alkyl halides is 1. The molecule has 2 rings (SSSR count). The maximum atomic E-state index is 5.73. The molecule has 3 heteroatoms. The van der Waals surface area contributed by atoms with Crippen LogP contribution in [-0.4, -0.2) is 5.88 Å². The van der Waals surface area contributed by atoms with E-state index in [1.807, 2.05) is 0 Å². The first-order chi connectivity index (χ1) is 9.28. The van der Waals surface area contributed by atoms with E-state index in [-0.39, 0.29) is 0 Å². The summed E-state index contributed by atoms with van der Waals surface area (Å²) in [5.41, 5.74) is 3.77. The molecule has 0 aliphatic rings. The maximum absolute atomic E-state index is 5.73. The van der Waals surface area contributed by atoms with Crippen LogP contribution in [0.3, 0.4) is 0 Å². The van der Waals surface area contributed by atoms with Crippen molar-refractivity contribution in [2.45, 2.75) is 19.4 Å². The summed E-state index contributed by atoms with van der Waals surface area (Å²) in [6.07, 6.45) is 2.06. The molecule has 100 valence electrons. The highest BCUT2D eigenvalue weighted by atomic mass is 79.9. The Morgan fingerprint density at radius 3 is 2.53 bits per heavy atom. The quantitative estimate of drug-likeness (QED) is 0.711. The Kier molecular flexibility index (Phi) is 5.74. The Morgan fingerprint density at radius 1 is 1.00 bits per heavy atom. The third-order valence-electron chi connectivity index (χ3n) is 2.94. The smallest absolute Gasteiger partial charge is 0.0400 e. The molecule has 2 aromatic carbocycles. The number of hydrogen-bond acceptors (Lipinski definition) is 1. The van der Waals surface area contributed by atoms with Crippen LogP contribution in [0.1, 0.15) is 17.5 Å². The van der Waals surface area contributed by atoms with Gasteiger partial charge in [0.15, 0.2) is 0 Å². The first-order valence-electron chi connectivity index (χ1n) is 6.41. The van der Waals surface area contributed by atoms with Gasteiger partial charge in [-0.2, -0.15) is 0 Å². The highest BCUT2D eigenvalue weighted by Crippen LogP contribution is 2.15. The van der Waals surface area contributed by atoms with Crippen molar-refractivity contribution in [3.05, 3.63) is 64.1 Å². The lowest BCUT2D eigenvalue weighted by Gasteiger charge is -2.08. The largest absolute Gasteiger partial charge is 0.381 e. The van der Waals surface area contributed by atoms with Gasteiger partial charge in [-0.25, -0.2) is 0 Å². The first-order valence-corrected chi connectivity index (χ1v) is 7.74. The lowest BCUT2D eigenvalue weighted by atomic mass is 10.1. The van der Waals surface area contributed by atoms with Gasteiger partial charge >= 0.3 is 0 Å². The molecule has 1 nitrogen and oxygen atoms in total. The zero-order chi connectivity index (χ0) is 13.5. The van der Waals surface area contributed by atoms with Crippen molar-refractivity contribution in [3.8, 4) is 0 Å². The van der Waals surface area contributed by atoms with Gasteiger partial charge in [0.25, 0.3) is 0 Å². The van der Waals surface area contributed by atoms with E-state index >= 15 is 0 Å². The molecule has 0 aliphatic heterocycles. The normalized spacial score (nSPS) is 10.4. The minimum Gasteiger partial charge on any atom is -0.381 e. The monoisotopic (exact) mass is 337 g/mol. The number of aryl methyl sites for hydroxylation is 1. The Hall–Kier alpha value is -0.990. The molecule has 0 saturated carbocycles. The summed E-state index contributed by atoms with van der Waals surface area (Å²) in [6, 6.07) is 16.9. The van der Waals surface area contributed by atoms with Gasteiger partial charge in [-0.3, -0.25) is 0 Å². The van der Waals surface area contributed by atoms with E-state index in [4.69, 9.17) is 11.6 Å². The number of benzene rings is 2. The predicted molar refractivity (Wildman–Crippen MR) is 87.0 cm³/mol. The summed E-state index contributed by atoms with van der Waals surface area (Å²) in [7, 11) is 0. The highest BCUT2D eigenvalue weighted by molar-refractivity contribution is 9.10. The van der Waals surface area contributed by atoms with Crippen LogP contribution in [0.25, 0.3) is 0 Å². The highest BCUT2D eigenvalue weighted by Gasteiger charge is 1.97. The van der Waals surface area contributed by atoms with E-state index in [1.165, 1.54) is 11.1 Å². The summed E-state index contributed by atoms with van der Waals surface area (Å²) < 4.78 is 1.11. The molecule has 0 aromatic heterocycles. The van der Waals surface area contributed by atoms with Crippen molar-refractivity contribution in [1.82, 2.24) is 0 Å². The van der Waals surface area contributed by atoms with Crippen molar-refractivity contribution >= 4 is 33.2 Å². The van der Waals surface area contributed by atoms with Gasteiger partial charge in [0, 0.05) is 22.6 Å². The van der Waals surface area contributed by atoms with Gasteiger partial charge in [-0.05, 0) is 48.2 Å². The second-order valence-electron chi connectivity index (χ2n) is 4.47. The van der Waals surface area contributed by atoms with Crippen LogP contribution < -0.4 is 5.32 Å². The lowest BCUT2D eigenvalue weighted by Crippen LogP contribution is -1.99. The molecule has 1 N–H and O–H groups in total. The Morgan fingerprint density at radius 2 is 1.79 bits per heavy atom. The molecular formula is C16H17BrClN. The van der Waals surface area contributed by atoms with Gasteiger partial charge < -0.3 is 5.32 Å². The summed E-state index contributed by atoms with van der Waals surface area (Å²) in [6.45, 7) is 0.840. The topological polar surface area (TPSA) is 12.0 Å². The van der Waals surface area contributed by atoms with Crippen molar-refractivity contribution in [2.24, 2.45) is 0 Å². The van der Waals surface area contributed by atoms with Crippen molar-refractivity contribution in [3.63, 3.8) is 0 Å². The molecule has 0 fully saturated rings. The fourth-order valence-corrected chi connectivity index (χ4v) is 2.31.